The van der Waals surface area contributed by atoms with Gasteiger partial charge in [0.15, 0.2) is 0 Å². The predicted molar refractivity (Wildman–Crippen MR) is 67.7 cm³/mol. The summed E-state index contributed by atoms with van der Waals surface area (Å²) in [5, 5.41) is 14.2. The quantitative estimate of drug-likeness (QED) is 0.725. The molecule has 2 unspecified atom stereocenters. The number of aliphatic carboxylic acids is 1. The van der Waals surface area contributed by atoms with Gasteiger partial charge in [0, 0.05) is 12.5 Å². The monoisotopic (exact) mass is 266 g/mol. The van der Waals surface area contributed by atoms with Crippen LogP contribution in [0.2, 0.25) is 0 Å². The highest BCUT2D eigenvalue weighted by atomic mass is 16.4. The molecule has 0 radical (unpaired) electrons. The van der Waals surface area contributed by atoms with Crippen molar-refractivity contribution < 1.29 is 19.1 Å². The van der Waals surface area contributed by atoms with Crippen molar-refractivity contribution in [2.45, 2.75) is 38.3 Å². The molecule has 0 aromatic carbocycles. The van der Waals surface area contributed by atoms with Crippen molar-refractivity contribution in [3.63, 3.8) is 0 Å². The second kappa shape index (κ2) is 5.77. The average Bonchev–Trinajstić information content (AvgIpc) is 3.04. The number of amides is 2. The summed E-state index contributed by atoms with van der Waals surface area (Å²) in [5.74, 6) is -0.121. The molecule has 2 amide bonds. The molecule has 3 N–H and O–H groups in total. The van der Waals surface area contributed by atoms with Crippen LogP contribution < -0.4 is 10.6 Å². The second-order valence-electron chi connectivity index (χ2n) is 4.96. The third-order valence-electron chi connectivity index (χ3n) is 3.11. The number of carbonyl (C=O) groups is 2. The van der Waals surface area contributed by atoms with E-state index >= 15 is 0 Å². The maximum Gasteiger partial charge on any atom is 0.326 e. The van der Waals surface area contributed by atoms with Crippen LogP contribution in [0.5, 0.6) is 0 Å². The average molecular weight is 266 g/mol. The van der Waals surface area contributed by atoms with Gasteiger partial charge in [0.25, 0.3) is 0 Å². The van der Waals surface area contributed by atoms with Gasteiger partial charge in [-0.15, -0.1) is 0 Å². The lowest BCUT2D eigenvalue weighted by molar-refractivity contribution is -0.139. The van der Waals surface area contributed by atoms with E-state index in [2.05, 4.69) is 10.6 Å². The Labute approximate surface area is 111 Å². The van der Waals surface area contributed by atoms with Crippen molar-refractivity contribution in [1.82, 2.24) is 10.6 Å². The zero-order valence-electron chi connectivity index (χ0n) is 10.8. The van der Waals surface area contributed by atoms with Crippen LogP contribution in [0.1, 0.15) is 25.5 Å². The molecule has 1 aliphatic rings. The molecule has 6 heteroatoms. The minimum atomic E-state index is -0.976. The lowest BCUT2D eigenvalue weighted by Gasteiger charge is -2.17. The Hall–Kier alpha value is -1.98. The van der Waals surface area contributed by atoms with Crippen LogP contribution in [0.15, 0.2) is 22.8 Å². The number of carbonyl (C=O) groups excluding carboxylic acids is 1. The Morgan fingerprint density at radius 3 is 2.74 bits per heavy atom. The van der Waals surface area contributed by atoms with Gasteiger partial charge in [-0.3, -0.25) is 0 Å². The normalized spacial score (nSPS) is 17.5. The number of urea groups is 1. The van der Waals surface area contributed by atoms with Gasteiger partial charge >= 0.3 is 12.0 Å². The van der Waals surface area contributed by atoms with Crippen LogP contribution in [-0.2, 0) is 11.2 Å². The summed E-state index contributed by atoms with van der Waals surface area (Å²) in [4.78, 5) is 22.7. The fourth-order valence-corrected chi connectivity index (χ4v) is 2.00. The Morgan fingerprint density at radius 2 is 2.21 bits per heavy atom. The molecule has 0 aliphatic heterocycles. The van der Waals surface area contributed by atoms with E-state index in [1.807, 2.05) is 13.0 Å². The third-order valence-corrected chi connectivity index (χ3v) is 3.11. The molecular formula is C13H18N2O4. The highest BCUT2D eigenvalue weighted by Crippen LogP contribution is 2.32. The first kappa shape index (κ1) is 13.5. The highest BCUT2D eigenvalue weighted by Gasteiger charge is 2.37. The van der Waals surface area contributed by atoms with E-state index in [4.69, 9.17) is 9.52 Å². The van der Waals surface area contributed by atoms with Crippen molar-refractivity contribution in [2.75, 3.05) is 0 Å². The van der Waals surface area contributed by atoms with E-state index in [1.165, 1.54) is 0 Å². The number of hydrogen-bond donors (Lipinski definition) is 3. The maximum atomic E-state index is 11.7. The summed E-state index contributed by atoms with van der Waals surface area (Å²) in [5.41, 5.74) is 0. The molecule has 104 valence electrons. The van der Waals surface area contributed by atoms with E-state index in [0.29, 0.717) is 6.42 Å². The van der Waals surface area contributed by atoms with Crippen LogP contribution in [0.3, 0.4) is 0 Å². The number of hydrogen-bond acceptors (Lipinski definition) is 3. The van der Waals surface area contributed by atoms with E-state index < -0.39 is 18.0 Å². The third kappa shape index (κ3) is 4.01. The van der Waals surface area contributed by atoms with E-state index in [9.17, 15) is 9.59 Å². The zero-order valence-corrected chi connectivity index (χ0v) is 10.8. The Kier molecular flexibility index (Phi) is 4.09. The van der Waals surface area contributed by atoms with Crippen molar-refractivity contribution in [3.05, 3.63) is 24.2 Å². The molecule has 2 rings (SSSR count). The van der Waals surface area contributed by atoms with Crippen molar-refractivity contribution in [3.8, 4) is 0 Å². The summed E-state index contributed by atoms with van der Waals surface area (Å²) >= 11 is 0. The summed E-state index contributed by atoms with van der Waals surface area (Å²) in [7, 11) is 0. The Bertz CT molecular complexity index is 440. The van der Waals surface area contributed by atoms with Crippen LogP contribution in [0, 0.1) is 5.92 Å². The van der Waals surface area contributed by atoms with Gasteiger partial charge in [0.2, 0.25) is 0 Å². The summed E-state index contributed by atoms with van der Waals surface area (Å²) < 4.78 is 5.19. The summed E-state index contributed by atoms with van der Waals surface area (Å²) in [6.45, 7) is 1.84. The van der Waals surface area contributed by atoms with E-state index in [-0.39, 0.29) is 12.0 Å². The molecule has 1 aromatic heterocycles. The van der Waals surface area contributed by atoms with Gasteiger partial charge in [-0.2, -0.15) is 0 Å². The number of carboxylic acids is 1. The van der Waals surface area contributed by atoms with Crippen LogP contribution in [0.4, 0.5) is 4.79 Å². The fourth-order valence-electron chi connectivity index (χ4n) is 2.00. The van der Waals surface area contributed by atoms with Gasteiger partial charge in [-0.25, -0.2) is 9.59 Å². The lowest BCUT2D eigenvalue weighted by Crippen LogP contribution is -2.49. The topological polar surface area (TPSA) is 91.6 Å². The SMILES string of the molecule is CC(Cc1ccco1)NC(=O)NC(C(=O)O)C1CC1. The van der Waals surface area contributed by atoms with Crippen molar-refractivity contribution >= 4 is 12.0 Å². The smallest absolute Gasteiger partial charge is 0.326 e. The van der Waals surface area contributed by atoms with Gasteiger partial charge in [-0.05, 0) is 37.8 Å². The minimum absolute atomic E-state index is 0.0728. The standard InChI is InChI=1S/C13H18N2O4/c1-8(7-10-3-2-6-19-10)14-13(18)15-11(12(16)17)9-4-5-9/h2-3,6,8-9,11H,4-5,7H2,1H3,(H,16,17)(H2,14,15,18). The minimum Gasteiger partial charge on any atom is -0.480 e. The lowest BCUT2D eigenvalue weighted by atomic mass is 10.2. The molecule has 1 aliphatic carbocycles. The van der Waals surface area contributed by atoms with Gasteiger partial charge < -0.3 is 20.2 Å². The molecule has 2 atom stereocenters. The molecule has 1 aromatic rings. The fraction of sp³-hybridized carbons (Fsp3) is 0.538. The van der Waals surface area contributed by atoms with Gasteiger partial charge in [-0.1, -0.05) is 0 Å². The van der Waals surface area contributed by atoms with E-state index in [1.54, 1.807) is 12.3 Å². The van der Waals surface area contributed by atoms with Gasteiger partial charge in [0.1, 0.15) is 11.8 Å². The molecular weight excluding hydrogens is 248 g/mol. The molecule has 19 heavy (non-hydrogen) atoms. The number of furan rings is 1. The first-order valence-electron chi connectivity index (χ1n) is 6.38. The summed E-state index contributed by atoms with van der Waals surface area (Å²) in [6, 6.07) is 2.27. The molecule has 0 saturated heterocycles. The number of nitrogens with one attached hydrogen (secondary N) is 2. The first-order valence-corrected chi connectivity index (χ1v) is 6.38. The highest BCUT2D eigenvalue weighted by molar-refractivity contribution is 5.83. The van der Waals surface area contributed by atoms with Crippen molar-refractivity contribution in [2.24, 2.45) is 5.92 Å². The maximum absolute atomic E-state index is 11.7. The molecule has 6 nitrogen and oxygen atoms in total. The summed E-state index contributed by atoms with van der Waals surface area (Å²) in [6.07, 6.45) is 3.87. The Balaban J connectivity index is 1.78. The molecule has 1 saturated carbocycles. The number of rotatable bonds is 6. The molecule has 1 fully saturated rings. The molecule has 1 heterocycles. The predicted octanol–water partition coefficient (Wildman–Crippen LogP) is 1.37. The Morgan fingerprint density at radius 1 is 1.47 bits per heavy atom. The molecule has 0 spiro atoms. The van der Waals surface area contributed by atoms with E-state index in [0.717, 1.165) is 18.6 Å². The number of carboxylic acid groups (broad SMARTS) is 1. The van der Waals surface area contributed by atoms with Gasteiger partial charge in [0.05, 0.1) is 6.26 Å². The second-order valence-corrected chi connectivity index (χ2v) is 4.96. The zero-order chi connectivity index (χ0) is 13.8. The molecule has 0 bridgehead atoms. The first-order chi connectivity index (χ1) is 9.06. The largest absolute Gasteiger partial charge is 0.480 e. The van der Waals surface area contributed by atoms with Crippen LogP contribution in [-0.4, -0.2) is 29.2 Å². The van der Waals surface area contributed by atoms with Crippen molar-refractivity contribution in [1.29, 1.82) is 0 Å². The van der Waals surface area contributed by atoms with Crippen LogP contribution in [0.25, 0.3) is 0 Å². The van der Waals surface area contributed by atoms with Crippen LogP contribution >= 0.6 is 0 Å².